The monoisotopic (exact) mass is 247 g/mol. The lowest BCUT2D eigenvalue weighted by Crippen LogP contribution is -2.20. The minimum atomic E-state index is -0.677. The van der Waals surface area contributed by atoms with Gasteiger partial charge >= 0.3 is 0 Å². The third-order valence-electron chi connectivity index (χ3n) is 3.88. The van der Waals surface area contributed by atoms with E-state index in [0.29, 0.717) is 6.54 Å². The number of hydrogen-bond donors (Lipinski definition) is 0. The Hall–Kier alpha value is -1.31. The molecule has 18 heavy (non-hydrogen) atoms. The lowest BCUT2D eigenvalue weighted by molar-refractivity contribution is 0.274. The standard InChI is InChI=1S/C16H22FN/c1-3-15-11-18(12-16(15)17)13(2)9-10-14-7-5-4-6-8-14/h4-8,15-16H,2-3,9-12H2,1H3. The van der Waals surface area contributed by atoms with Crippen molar-refractivity contribution < 1.29 is 4.39 Å². The SMILES string of the molecule is C=C(CCc1ccccc1)N1CC(F)C(CC)C1. The zero-order chi connectivity index (χ0) is 13.0. The number of nitrogens with zero attached hydrogens (tertiary/aromatic N) is 1. The quantitative estimate of drug-likeness (QED) is 0.764. The van der Waals surface area contributed by atoms with Crippen molar-refractivity contribution in [2.75, 3.05) is 13.1 Å². The van der Waals surface area contributed by atoms with Crippen LogP contribution in [0, 0.1) is 5.92 Å². The van der Waals surface area contributed by atoms with E-state index in [2.05, 4.69) is 42.7 Å². The van der Waals surface area contributed by atoms with Crippen molar-refractivity contribution in [1.82, 2.24) is 4.90 Å². The third kappa shape index (κ3) is 3.12. The summed E-state index contributed by atoms with van der Waals surface area (Å²) in [6.45, 7) is 7.55. The minimum absolute atomic E-state index is 0.193. The van der Waals surface area contributed by atoms with Gasteiger partial charge in [0.15, 0.2) is 0 Å². The summed E-state index contributed by atoms with van der Waals surface area (Å²) in [6, 6.07) is 10.4. The van der Waals surface area contributed by atoms with Crippen molar-refractivity contribution in [2.45, 2.75) is 32.4 Å². The Morgan fingerprint density at radius 2 is 2.06 bits per heavy atom. The molecule has 1 fully saturated rings. The summed E-state index contributed by atoms with van der Waals surface area (Å²) in [7, 11) is 0. The van der Waals surface area contributed by atoms with Gasteiger partial charge in [0.25, 0.3) is 0 Å². The highest BCUT2D eigenvalue weighted by atomic mass is 19.1. The molecule has 1 aromatic rings. The van der Waals surface area contributed by atoms with E-state index in [0.717, 1.165) is 31.5 Å². The van der Waals surface area contributed by atoms with Crippen LogP contribution >= 0.6 is 0 Å². The molecule has 0 saturated carbocycles. The number of likely N-dealkylation sites (tertiary alicyclic amines) is 1. The van der Waals surface area contributed by atoms with Crippen LogP contribution in [-0.4, -0.2) is 24.2 Å². The van der Waals surface area contributed by atoms with Gasteiger partial charge in [0.05, 0.1) is 0 Å². The van der Waals surface area contributed by atoms with Crippen LogP contribution in [0.3, 0.4) is 0 Å². The second kappa shape index (κ2) is 6.03. The van der Waals surface area contributed by atoms with E-state index >= 15 is 0 Å². The van der Waals surface area contributed by atoms with E-state index in [1.165, 1.54) is 5.56 Å². The summed E-state index contributed by atoms with van der Waals surface area (Å²) < 4.78 is 13.7. The highest BCUT2D eigenvalue weighted by Gasteiger charge is 2.31. The van der Waals surface area contributed by atoms with Gasteiger partial charge in [-0.05, 0) is 24.8 Å². The summed E-state index contributed by atoms with van der Waals surface area (Å²) in [6.07, 6.45) is 2.16. The fourth-order valence-corrected chi connectivity index (χ4v) is 2.57. The number of alkyl halides is 1. The largest absolute Gasteiger partial charge is 0.372 e. The number of benzene rings is 1. The molecule has 1 nitrogen and oxygen atoms in total. The van der Waals surface area contributed by atoms with E-state index in [1.807, 2.05) is 6.07 Å². The summed E-state index contributed by atoms with van der Waals surface area (Å²) in [5.41, 5.74) is 2.40. The Morgan fingerprint density at radius 3 is 2.67 bits per heavy atom. The molecule has 0 N–H and O–H groups in total. The number of allylic oxidation sites excluding steroid dienone is 1. The molecule has 98 valence electrons. The molecular weight excluding hydrogens is 225 g/mol. The van der Waals surface area contributed by atoms with E-state index in [4.69, 9.17) is 0 Å². The maximum absolute atomic E-state index is 13.7. The molecule has 1 heterocycles. The molecule has 0 aliphatic carbocycles. The first-order chi connectivity index (χ1) is 8.70. The highest BCUT2D eigenvalue weighted by Crippen LogP contribution is 2.26. The molecular formula is C16H22FN. The topological polar surface area (TPSA) is 3.24 Å². The number of rotatable bonds is 5. The molecule has 0 spiro atoms. The van der Waals surface area contributed by atoms with Crippen LogP contribution in [-0.2, 0) is 6.42 Å². The fourth-order valence-electron chi connectivity index (χ4n) is 2.57. The average Bonchev–Trinajstić information content (AvgIpc) is 2.78. The van der Waals surface area contributed by atoms with E-state index < -0.39 is 6.17 Å². The zero-order valence-electron chi connectivity index (χ0n) is 11.1. The minimum Gasteiger partial charge on any atom is -0.372 e. The number of aryl methyl sites for hydroxylation is 1. The highest BCUT2D eigenvalue weighted by molar-refractivity contribution is 5.16. The van der Waals surface area contributed by atoms with Gasteiger partial charge < -0.3 is 4.90 Å². The Kier molecular flexibility index (Phi) is 4.40. The molecule has 0 bridgehead atoms. The molecule has 0 aromatic heterocycles. The molecule has 0 amide bonds. The van der Waals surface area contributed by atoms with Crippen LogP contribution in [0.5, 0.6) is 0 Å². The lowest BCUT2D eigenvalue weighted by atomic mass is 10.1. The Labute approximate surface area is 109 Å². The van der Waals surface area contributed by atoms with Gasteiger partial charge in [-0.15, -0.1) is 0 Å². The van der Waals surface area contributed by atoms with Crippen LogP contribution < -0.4 is 0 Å². The maximum Gasteiger partial charge on any atom is 0.122 e. The third-order valence-corrected chi connectivity index (χ3v) is 3.88. The van der Waals surface area contributed by atoms with Gasteiger partial charge in [0.2, 0.25) is 0 Å². The van der Waals surface area contributed by atoms with Crippen LogP contribution in [0.25, 0.3) is 0 Å². The first kappa shape index (κ1) is 13.1. The predicted octanol–water partition coefficient (Wildman–Crippen LogP) is 3.81. The van der Waals surface area contributed by atoms with Crippen LogP contribution in [0.2, 0.25) is 0 Å². The Balaban J connectivity index is 1.82. The fraction of sp³-hybridized carbons (Fsp3) is 0.500. The van der Waals surface area contributed by atoms with Crippen LogP contribution in [0.4, 0.5) is 4.39 Å². The second-order valence-electron chi connectivity index (χ2n) is 5.14. The summed E-state index contributed by atoms with van der Waals surface area (Å²) in [5.74, 6) is 0.193. The number of hydrogen-bond acceptors (Lipinski definition) is 1. The van der Waals surface area contributed by atoms with E-state index in [1.54, 1.807) is 0 Å². The molecule has 1 aromatic carbocycles. The van der Waals surface area contributed by atoms with Crippen molar-refractivity contribution in [2.24, 2.45) is 5.92 Å². The normalized spacial score (nSPS) is 23.3. The van der Waals surface area contributed by atoms with Crippen molar-refractivity contribution in [3.05, 3.63) is 48.2 Å². The smallest absolute Gasteiger partial charge is 0.122 e. The van der Waals surface area contributed by atoms with Gasteiger partial charge in [-0.25, -0.2) is 4.39 Å². The molecule has 1 aliphatic rings. The van der Waals surface area contributed by atoms with Crippen LogP contribution in [0.15, 0.2) is 42.6 Å². The molecule has 2 atom stereocenters. The first-order valence-corrected chi connectivity index (χ1v) is 6.81. The zero-order valence-corrected chi connectivity index (χ0v) is 11.1. The average molecular weight is 247 g/mol. The van der Waals surface area contributed by atoms with Gasteiger partial charge in [-0.3, -0.25) is 0 Å². The van der Waals surface area contributed by atoms with Gasteiger partial charge in [-0.1, -0.05) is 43.8 Å². The van der Waals surface area contributed by atoms with Crippen molar-refractivity contribution >= 4 is 0 Å². The maximum atomic E-state index is 13.7. The van der Waals surface area contributed by atoms with Gasteiger partial charge in [-0.2, -0.15) is 0 Å². The molecule has 2 heteroatoms. The lowest BCUT2D eigenvalue weighted by Gasteiger charge is -2.20. The first-order valence-electron chi connectivity index (χ1n) is 6.81. The molecule has 0 radical (unpaired) electrons. The summed E-state index contributed by atoms with van der Waals surface area (Å²) >= 11 is 0. The predicted molar refractivity (Wildman–Crippen MR) is 74.2 cm³/mol. The molecule has 2 rings (SSSR count). The molecule has 1 saturated heterocycles. The van der Waals surface area contributed by atoms with Crippen LogP contribution in [0.1, 0.15) is 25.3 Å². The molecule has 1 aliphatic heterocycles. The van der Waals surface area contributed by atoms with Crippen molar-refractivity contribution in [1.29, 1.82) is 0 Å². The van der Waals surface area contributed by atoms with E-state index in [9.17, 15) is 4.39 Å². The Morgan fingerprint density at radius 1 is 1.33 bits per heavy atom. The summed E-state index contributed by atoms with van der Waals surface area (Å²) in [5, 5.41) is 0. The van der Waals surface area contributed by atoms with Gasteiger partial charge in [0, 0.05) is 24.7 Å². The Bertz CT molecular complexity index is 387. The van der Waals surface area contributed by atoms with E-state index in [-0.39, 0.29) is 5.92 Å². The van der Waals surface area contributed by atoms with Gasteiger partial charge in [0.1, 0.15) is 6.17 Å². The second-order valence-corrected chi connectivity index (χ2v) is 5.14. The van der Waals surface area contributed by atoms with Crippen molar-refractivity contribution in [3.63, 3.8) is 0 Å². The molecule has 2 unspecified atom stereocenters. The summed E-state index contributed by atoms with van der Waals surface area (Å²) in [4.78, 5) is 2.13. The van der Waals surface area contributed by atoms with Crippen molar-refractivity contribution in [3.8, 4) is 0 Å². The number of halogens is 1.